The zero-order valence-electron chi connectivity index (χ0n) is 29.4. The van der Waals surface area contributed by atoms with E-state index in [0.29, 0.717) is 0 Å². The van der Waals surface area contributed by atoms with Gasteiger partial charge >= 0.3 is 0 Å². The smallest absolute Gasteiger partial charge is 0.0406 e. The van der Waals surface area contributed by atoms with Crippen LogP contribution in [0.3, 0.4) is 0 Å². The van der Waals surface area contributed by atoms with Gasteiger partial charge in [0, 0.05) is 5.02 Å². The summed E-state index contributed by atoms with van der Waals surface area (Å²) >= 11 is 6.24. The van der Waals surface area contributed by atoms with Crippen molar-refractivity contribution in [2.45, 2.75) is 0 Å². The van der Waals surface area contributed by atoms with Crippen LogP contribution in [0.4, 0.5) is 0 Å². The van der Waals surface area contributed by atoms with Gasteiger partial charge < -0.3 is 0 Å². The molecule has 0 fully saturated rings. The first-order chi connectivity index (χ1) is 26.2. The van der Waals surface area contributed by atoms with Crippen molar-refractivity contribution in [3.63, 3.8) is 0 Å². The van der Waals surface area contributed by atoms with Crippen molar-refractivity contribution in [2.24, 2.45) is 0 Å². The third-order valence-electron chi connectivity index (χ3n) is 9.07. The van der Waals surface area contributed by atoms with Crippen molar-refractivity contribution in [1.29, 1.82) is 0 Å². The summed E-state index contributed by atoms with van der Waals surface area (Å²) in [6.45, 7) is 0. The van der Waals surface area contributed by atoms with Crippen LogP contribution in [0.2, 0.25) is 5.02 Å². The number of allylic oxidation sites excluding steroid dienone is 4. The lowest BCUT2D eigenvalue weighted by Crippen LogP contribution is -1.90. The first-order valence-electron chi connectivity index (χ1n) is 17.9. The predicted octanol–water partition coefficient (Wildman–Crippen LogP) is 14.2. The Morgan fingerprint density at radius 3 is 0.943 bits per heavy atom. The molecular weight excluding hydrogens is 660 g/mol. The van der Waals surface area contributed by atoms with E-state index in [9.17, 15) is 0 Å². The number of rotatable bonds is 11. The lowest BCUT2D eigenvalue weighted by atomic mass is 9.94. The van der Waals surface area contributed by atoms with Gasteiger partial charge in [0.25, 0.3) is 0 Å². The van der Waals surface area contributed by atoms with E-state index in [2.05, 4.69) is 225 Å². The minimum Gasteiger partial charge on any atom is -0.0843 e. The largest absolute Gasteiger partial charge is 0.0843 e. The Hall–Kier alpha value is -6.47. The maximum atomic E-state index is 6.24. The van der Waals surface area contributed by atoms with Gasteiger partial charge in [-0.15, -0.1) is 0 Å². The summed E-state index contributed by atoms with van der Waals surface area (Å²) < 4.78 is 0. The van der Waals surface area contributed by atoms with Crippen LogP contribution in [0.5, 0.6) is 0 Å². The highest BCUT2D eigenvalue weighted by Crippen LogP contribution is 2.29. The molecule has 0 amide bonds. The maximum Gasteiger partial charge on any atom is 0.0406 e. The average molecular weight is 699 g/mol. The molecule has 0 saturated heterocycles. The highest BCUT2D eigenvalue weighted by Gasteiger charge is 2.08. The Balaban J connectivity index is 1.15. The van der Waals surface area contributed by atoms with E-state index in [1.807, 2.05) is 12.1 Å². The molecule has 0 unspecified atom stereocenters. The predicted molar refractivity (Wildman–Crippen MR) is 229 cm³/mol. The summed E-state index contributed by atoms with van der Waals surface area (Å²) in [5.74, 6) is 0. The van der Waals surface area contributed by atoms with Crippen molar-refractivity contribution >= 4 is 46.5 Å². The summed E-state index contributed by atoms with van der Waals surface area (Å²) in [5.41, 5.74) is 13.9. The molecule has 0 N–H and O–H groups in total. The van der Waals surface area contributed by atoms with Gasteiger partial charge in [-0.1, -0.05) is 230 Å². The molecule has 7 rings (SSSR count). The molecule has 0 aliphatic carbocycles. The van der Waals surface area contributed by atoms with Crippen molar-refractivity contribution in [3.05, 3.63) is 274 Å². The van der Waals surface area contributed by atoms with Gasteiger partial charge in [-0.2, -0.15) is 0 Å². The standard InChI is InChI=1S/C52H39Cl/c53-49-37-31-42(32-38-49)39-52(47-33-27-40(28-34-47)15-13-25-50(43-17-5-1-6-18-43)44-19-7-2-8-20-44)48-35-29-41(30-36-48)16-14-26-51(45-21-9-3-10-22-45)46-23-11-4-12-24-46/h1-39H. The Kier molecular flexibility index (Phi) is 11.6. The third-order valence-corrected chi connectivity index (χ3v) is 9.32. The van der Waals surface area contributed by atoms with Crippen molar-refractivity contribution in [1.82, 2.24) is 0 Å². The molecule has 53 heavy (non-hydrogen) atoms. The first-order valence-corrected chi connectivity index (χ1v) is 18.2. The van der Waals surface area contributed by atoms with Crippen molar-refractivity contribution in [3.8, 4) is 0 Å². The van der Waals surface area contributed by atoms with E-state index in [0.717, 1.165) is 38.4 Å². The van der Waals surface area contributed by atoms with Gasteiger partial charge in [0.15, 0.2) is 0 Å². The van der Waals surface area contributed by atoms with Crippen LogP contribution < -0.4 is 0 Å². The molecule has 0 aliphatic heterocycles. The summed E-state index contributed by atoms with van der Waals surface area (Å²) in [7, 11) is 0. The minimum atomic E-state index is 0.726. The summed E-state index contributed by atoms with van der Waals surface area (Å²) in [6, 6.07) is 67.7. The Morgan fingerprint density at radius 2 is 0.604 bits per heavy atom. The van der Waals surface area contributed by atoms with Crippen LogP contribution in [0, 0.1) is 0 Å². The Bertz CT molecular complexity index is 2130. The second-order valence-corrected chi connectivity index (χ2v) is 13.1. The molecule has 7 aromatic carbocycles. The van der Waals surface area contributed by atoms with Crippen LogP contribution in [-0.2, 0) is 0 Å². The van der Waals surface area contributed by atoms with Gasteiger partial charge in [0.05, 0.1) is 0 Å². The van der Waals surface area contributed by atoms with Gasteiger partial charge in [-0.25, -0.2) is 0 Å². The monoisotopic (exact) mass is 698 g/mol. The molecule has 1 heteroatoms. The fraction of sp³-hybridized carbons (Fsp3) is 0. The van der Waals surface area contributed by atoms with Crippen LogP contribution in [0.1, 0.15) is 50.1 Å². The van der Waals surface area contributed by atoms with Crippen molar-refractivity contribution < 1.29 is 0 Å². The van der Waals surface area contributed by atoms with Crippen LogP contribution in [-0.4, -0.2) is 0 Å². The third kappa shape index (κ3) is 9.45. The zero-order chi connectivity index (χ0) is 36.1. The van der Waals surface area contributed by atoms with Gasteiger partial charge in [-0.3, -0.25) is 0 Å². The number of halogens is 1. The molecule has 254 valence electrons. The molecule has 0 bridgehead atoms. The zero-order valence-corrected chi connectivity index (χ0v) is 30.2. The molecule has 0 aliphatic rings. The molecule has 0 saturated carbocycles. The van der Waals surface area contributed by atoms with Crippen molar-refractivity contribution in [2.75, 3.05) is 0 Å². The molecule has 0 aromatic heterocycles. The highest BCUT2D eigenvalue weighted by atomic mass is 35.5. The van der Waals surface area contributed by atoms with E-state index in [1.165, 1.54) is 33.4 Å². The number of hydrogen-bond donors (Lipinski definition) is 0. The van der Waals surface area contributed by atoms with Gasteiger partial charge in [-0.05, 0) is 85.0 Å². The van der Waals surface area contributed by atoms with Gasteiger partial charge in [0.2, 0.25) is 0 Å². The second-order valence-electron chi connectivity index (χ2n) is 12.7. The fourth-order valence-electron chi connectivity index (χ4n) is 6.31. The number of benzene rings is 7. The Morgan fingerprint density at radius 1 is 0.302 bits per heavy atom. The normalized spacial score (nSPS) is 11.0. The Labute approximate surface area is 318 Å². The molecule has 7 aromatic rings. The van der Waals surface area contributed by atoms with E-state index in [-0.39, 0.29) is 0 Å². The fourth-order valence-corrected chi connectivity index (χ4v) is 6.43. The number of hydrogen-bond acceptors (Lipinski definition) is 0. The lowest BCUT2D eigenvalue weighted by molar-refractivity contribution is 1.53. The van der Waals surface area contributed by atoms with E-state index in [1.54, 1.807) is 0 Å². The van der Waals surface area contributed by atoms with E-state index in [4.69, 9.17) is 11.6 Å². The highest BCUT2D eigenvalue weighted by molar-refractivity contribution is 6.30. The van der Waals surface area contributed by atoms with Crippen LogP contribution in [0.15, 0.2) is 218 Å². The van der Waals surface area contributed by atoms with E-state index >= 15 is 0 Å². The topological polar surface area (TPSA) is 0 Å². The molecule has 0 radical (unpaired) electrons. The molecule has 0 atom stereocenters. The molecular formula is C52H39Cl. The SMILES string of the molecule is Clc1ccc(C=C(c2ccc(C=CC=C(c3ccccc3)c3ccccc3)cc2)c2ccc(C=CC=C(c3ccccc3)c3ccccc3)cc2)cc1. The maximum absolute atomic E-state index is 6.24. The quantitative estimate of drug-likeness (QED) is 0.0932. The molecule has 0 heterocycles. The first kappa shape index (κ1) is 35.0. The summed E-state index contributed by atoms with van der Waals surface area (Å²) in [6.07, 6.45) is 15.2. The summed E-state index contributed by atoms with van der Waals surface area (Å²) in [4.78, 5) is 0. The minimum absolute atomic E-state index is 0.726. The lowest BCUT2D eigenvalue weighted by Gasteiger charge is -2.11. The van der Waals surface area contributed by atoms with Crippen LogP contribution >= 0.6 is 11.6 Å². The van der Waals surface area contributed by atoms with E-state index < -0.39 is 0 Å². The molecule has 0 nitrogen and oxygen atoms in total. The van der Waals surface area contributed by atoms with Crippen LogP contribution in [0.25, 0.3) is 34.9 Å². The molecule has 0 spiro atoms. The summed E-state index contributed by atoms with van der Waals surface area (Å²) in [5, 5.41) is 0.726. The average Bonchev–Trinajstić information content (AvgIpc) is 3.23. The van der Waals surface area contributed by atoms with Gasteiger partial charge in [0.1, 0.15) is 0 Å². The second kappa shape index (κ2) is 17.6.